The van der Waals surface area contributed by atoms with Gasteiger partial charge in [-0.25, -0.2) is 0 Å². The molecule has 2 nitrogen and oxygen atoms in total. The van der Waals surface area contributed by atoms with Gasteiger partial charge in [0, 0.05) is 9.26 Å². The largest absolute Gasteiger partial charge is 0.325 e. The SMILES string of the molecule is Cc1ccc(NC(=O)CBr)cc1I. The van der Waals surface area contributed by atoms with Gasteiger partial charge in [0.15, 0.2) is 0 Å². The smallest absolute Gasteiger partial charge is 0.235 e. The molecule has 1 aromatic rings. The zero-order valence-electron chi connectivity index (χ0n) is 7.10. The molecule has 1 aromatic carbocycles. The normalized spacial score (nSPS) is 9.77. The summed E-state index contributed by atoms with van der Waals surface area (Å²) < 4.78 is 1.16. The molecule has 0 unspecified atom stereocenters. The molecule has 0 aliphatic heterocycles. The van der Waals surface area contributed by atoms with E-state index in [1.807, 2.05) is 25.1 Å². The van der Waals surface area contributed by atoms with Crippen molar-refractivity contribution in [2.45, 2.75) is 6.92 Å². The van der Waals surface area contributed by atoms with E-state index in [2.05, 4.69) is 43.8 Å². The van der Waals surface area contributed by atoms with E-state index in [1.54, 1.807) is 0 Å². The lowest BCUT2D eigenvalue weighted by molar-refractivity contribution is -0.113. The van der Waals surface area contributed by atoms with Gasteiger partial charge >= 0.3 is 0 Å². The first kappa shape index (κ1) is 11.0. The van der Waals surface area contributed by atoms with Crippen LogP contribution in [0.3, 0.4) is 0 Å². The first-order valence-electron chi connectivity index (χ1n) is 3.75. The van der Waals surface area contributed by atoms with Crippen LogP contribution in [0.4, 0.5) is 5.69 Å². The quantitative estimate of drug-likeness (QED) is 0.642. The molecule has 0 atom stereocenters. The topological polar surface area (TPSA) is 29.1 Å². The summed E-state index contributed by atoms with van der Waals surface area (Å²) in [6.07, 6.45) is 0. The maximum absolute atomic E-state index is 11.0. The van der Waals surface area contributed by atoms with Crippen LogP contribution in [-0.4, -0.2) is 11.2 Å². The number of alkyl halides is 1. The van der Waals surface area contributed by atoms with Crippen LogP contribution in [0.15, 0.2) is 18.2 Å². The fourth-order valence-corrected chi connectivity index (χ4v) is 1.52. The number of hydrogen-bond acceptors (Lipinski definition) is 1. The van der Waals surface area contributed by atoms with E-state index in [0.29, 0.717) is 5.33 Å². The number of nitrogens with one attached hydrogen (secondary N) is 1. The third-order valence-corrected chi connectivity index (χ3v) is 3.25. The van der Waals surface area contributed by atoms with Crippen LogP contribution in [0.2, 0.25) is 0 Å². The molecule has 0 fully saturated rings. The molecular formula is C9H9BrINO. The van der Waals surface area contributed by atoms with Gasteiger partial charge in [0.2, 0.25) is 5.91 Å². The first-order valence-corrected chi connectivity index (χ1v) is 5.95. The first-order chi connectivity index (χ1) is 6.13. The molecule has 1 N–H and O–H groups in total. The second-order valence-corrected chi connectivity index (χ2v) is 4.37. The van der Waals surface area contributed by atoms with Crippen LogP contribution in [0.5, 0.6) is 0 Å². The van der Waals surface area contributed by atoms with Crippen molar-refractivity contribution in [3.63, 3.8) is 0 Å². The predicted octanol–water partition coefficient (Wildman–Crippen LogP) is 2.93. The molecule has 0 spiro atoms. The number of amides is 1. The number of hydrogen-bond donors (Lipinski definition) is 1. The Kier molecular flexibility index (Phi) is 4.18. The van der Waals surface area contributed by atoms with Crippen molar-refractivity contribution in [1.29, 1.82) is 0 Å². The van der Waals surface area contributed by atoms with Crippen molar-refractivity contribution in [3.8, 4) is 0 Å². The molecule has 70 valence electrons. The molecule has 0 bridgehead atoms. The van der Waals surface area contributed by atoms with Gasteiger partial charge in [-0.1, -0.05) is 22.0 Å². The van der Waals surface area contributed by atoms with Crippen LogP contribution in [0, 0.1) is 10.5 Å². The highest BCUT2D eigenvalue weighted by Gasteiger charge is 2.00. The molecule has 0 aliphatic rings. The van der Waals surface area contributed by atoms with Gasteiger partial charge in [-0.3, -0.25) is 4.79 Å². The van der Waals surface area contributed by atoms with Gasteiger partial charge in [0.25, 0.3) is 0 Å². The van der Waals surface area contributed by atoms with Crippen LogP contribution >= 0.6 is 38.5 Å². The van der Waals surface area contributed by atoms with Crippen molar-refractivity contribution >= 4 is 50.1 Å². The van der Waals surface area contributed by atoms with Gasteiger partial charge < -0.3 is 5.32 Å². The Balaban J connectivity index is 2.79. The highest BCUT2D eigenvalue weighted by atomic mass is 127. The zero-order valence-corrected chi connectivity index (χ0v) is 10.8. The number of halogens is 2. The number of rotatable bonds is 2. The van der Waals surface area contributed by atoms with E-state index in [0.717, 1.165) is 9.26 Å². The van der Waals surface area contributed by atoms with Crippen molar-refractivity contribution in [1.82, 2.24) is 0 Å². The minimum atomic E-state index is -0.0281. The standard InChI is InChI=1S/C9H9BrINO/c1-6-2-3-7(4-8(6)11)12-9(13)5-10/h2-4H,5H2,1H3,(H,12,13). The number of carbonyl (C=O) groups is 1. The predicted molar refractivity (Wildman–Crippen MR) is 66.3 cm³/mol. The highest BCUT2D eigenvalue weighted by molar-refractivity contribution is 14.1. The fraction of sp³-hybridized carbons (Fsp3) is 0.222. The number of aryl methyl sites for hydroxylation is 1. The van der Waals surface area contributed by atoms with Gasteiger partial charge in [0.1, 0.15) is 0 Å². The Labute approximate surface area is 99.4 Å². The lowest BCUT2D eigenvalue weighted by Gasteiger charge is -2.04. The summed E-state index contributed by atoms with van der Waals surface area (Å²) in [6.45, 7) is 2.04. The third-order valence-electron chi connectivity index (χ3n) is 1.58. The van der Waals surface area contributed by atoms with Gasteiger partial charge in [-0.2, -0.15) is 0 Å². The Hall–Kier alpha value is -0.100. The van der Waals surface area contributed by atoms with Crippen LogP contribution < -0.4 is 5.32 Å². The minimum absolute atomic E-state index is 0.0281. The highest BCUT2D eigenvalue weighted by Crippen LogP contribution is 2.16. The lowest BCUT2D eigenvalue weighted by Crippen LogP contribution is -2.12. The van der Waals surface area contributed by atoms with E-state index in [-0.39, 0.29) is 5.91 Å². The summed E-state index contributed by atoms with van der Waals surface area (Å²) >= 11 is 5.34. The number of benzene rings is 1. The molecule has 0 saturated carbocycles. The molecule has 1 amide bonds. The summed E-state index contributed by atoms with van der Waals surface area (Å²) in [4.78, 5) is 11.0. The average molecular weight is 354 g/mol. The Bertz CT molecular complexity index is 327. The van der Waals surface area contributed by atoms with Crippen molar-refractivity contribution in [2.24, 2.45) is 0 Å². The molecule has 13 heavy (non-hydrogen) atoms. The number of carbonyl (C=O) groups excluding carboxylic acids is 1. The monoisotopic (exact) mass is 353 g/mol. The molecule has 1 rings (SSSR count). The second kappa shape index (κ2) is 4.95. The third kappa shape index (κ3) is 3.27. The van der Waals surface area contributed by atoms with E-state index in [9.17, 15) is 4.79 Å². The van der Waals surface area contributed by atoms with Crippen LogP contribution in [0.1, 0.15) is 5.56 Å². The summed E-state index contributed by atoms with van der Waals surface area (Å²) in [7, 11) is 0. The van der Waals surface area contributed by atoms with Crippen molar-refractivity contribution in [3.05, 3.63) is 27.3 Å². The molecule has 0 saturated heterocycles. The molecule has 0 radical (unpaired) electrons. The zero-order chi connectivity index (χ0) is 9.84. The van der Waals surface area contributed by atoms with E-state index < -0.39 is 0 Å². The van der Waals surface area contributed by atoms with Crippen molar-refractivity contribution in [2.75, 3.05) is 10.6 Å². The maximum Gasteiger partial charge on any atom is 0.235 e. The molecule has 4 heteroatoms. The summed E-state index contributed by atoms with van der Waals surface area (Å²) in [5.74, 6) is -0.0281. The van der Waals surface area contributed by atoms with Gasteiger partial charge in [0.05, 0.1) is 5.33 Å². The Morgan fingerprint density at radius 2 is 2.31 bits per heavy atom. The van der Waals surface area contributed by atoms with Gasteiger partial charge in [-0.05, 0) is 47.2 Å². The summed E-state index contributed by atoms with van der Waals surface area (Å²) in [5, 5.41) is 3.10. The second-order valence-electron chi connectivity index (χ2n) is 2.65. The van der Waals surface area contributed by atoms with E-state index in [1.165, 1.54) is 5.56 Å². The Morgan fingerprint density at radius 3 is 2.85 bits per heavy atom. The van der Waals surface area contributed by atoms with Gasteiger partial charge in [-0.15, -0.1) is 0 Å². The molecule has 0 heterocycles. The minimum Gasteiger partial charge on any atom is -0.325 e. The molecular weight excluding hydrogens is 345 g/mol. The summed E-state index contributed by atoms with van der Waals surface area (Å²) in [5.41, 5.74) is 2.07. The average Bonchev–Trinajstić information content (AvgIpc) is 2.11. The summed E-state index contributed by atoms with van der Waals surface area (Å²) in [6, 6.07) is 5.85. The van der Waals surface area contributed by atoms with E-state index in [4.69, 9.17) is 0 Å². The number of anilines is 1. The van der Waals surface area contributed by atoms with Crippen LogP contribution in [-0.2, 0) is 4.79 Å². The lowest BCUT2D eigenvalue weighted by atomic mass is 10.2. The Morgan fingerprint density at radius 1 is 1.62 bits per heavy atom. The van der Waals surface area contributed by atoms with E-state index >= 15 is 0 Å². The molecule has 0 aliphatic carbocycles. The molecule has 0 aromatic heterocycles. The van der Waals surface area contributed by atoms with Crippen LogP contribution in [0.25, 0.3) is 0 Å². The van der Waals surface area contributed by atoms with Crippen molar-refractivity contribution < 1.29 is 4.79 Å². The fourth-order valence-electron chi connectivity index (χ4n) is 0.865. The maximum atomic E-state index is 11.0.